The number of amides is 1. The number of aromatic nitrogens is 1. The summed E-state index contributed by atoms with van der Waals surface area (Å²) >= 11 is 0. The summed E-state index contributed by atoms with van der Waals surface area (Å²) in [7, 11) is 0. The van der Waals surface area contributed by atoms with Crippen LogP contribution < -0.4 is 16.8 Å². The van der Waals surface area contributed by atoms with Crippen molar-refractivity contribution >= 4 is 5.91 Å². The summed E-state index contributed by atoms with van der Waals surface area (Å²) in [6, 6.07) is 1.25. The largest absolute Gasteiger partial charge is 0.502 e. The Kier molecular flexibility index (Phi) is 2.11. The maximum Gasteiger partial charge on any atom is 0.290 e. The van der Waals surface area contributed by atoms with Gasteiger partial charge < -0.3 is 10.1 Å². The van der Waals surface area contributed by atoms with Crippen LogP contribution in [-0.4, -0.2) is 16.0 Å². The minimum atomic E-state index is -0.726. The second-order valence-corrected chi connectivity index (χ2v) is 2.04. The van der Waals surface area contributed by atoms with Crippen molar-refractivity contribution in [1.82, 2.24) is 10.4 Å². The number of pyridine rings is 1. The van der Waals surface area contributed by atoms with Gasteiger partial charge in [0.05, 0.1) is 5.56 Å². The number of nitrogens with two attached hydrogens (primary N) is 1. The summed E-state index contributed by atoms with van der Waals surface area (Å²) < 4.78 is 0. The first kappa shape index (κ1) is 8.28. The van der Waals surface area contributed by atoms with E-state index in [4.69, 9.17) is 10.9 Å². The monoisotopic (exact) mass is 169 g/mol. The number of carbonyl (C=O) groups excluding carboxylic acids is 1. The van der Waals surface area contributed by atoms with Crippen LogP contribution >= 0.6 is 0 Å². The molecule has 1 amide bonds. The fraction of sp³-hybridized carbons (Fsp3) is 0. The summed E-state index contributed by atoms with van der Waals surface area (Å²) in [5, 5.41) is 9.04. The highest BCUT2D eigenvalue weighted by Gasteiger charge is 2.11. The standard InChI is InChI=1S/C6H7N3O3/c7-9-5(11)3-1-2-8-6(12)4(3)10/h1-2,10H,7H2,(H,8,12)(H,9,11). The van der Waals surface area contributed by atoms with Gasteiger partial charge in [0.25, 0.3) is 11.5 Å². The molecule has 0 saturated heterocycles. The molecule has 0 aliphatic carbocycles. The van der Waals surface area contributed by atoms with E-state index < -0.39 is 17.2 Å². The van der Waals surface area contributed by atoms with Gasteiger partial charge in [-0.05, 0) is 6.07 Å². The molecule has 12 heavy (non-hydrogen) atoms. The van der Waals surface area contributed by atoms with Gasteiger partial charge in [-0.3, -0.25) is 15.0 Å². The molecule has 0 bridgehead atoms. The number of hydrogen-bond donors (Lipinski definition) is 4. The molecule has 0 fully saturated rings. The summed E-state index contributed by atoms with van der Waals surface area (Å²) in [4.78, 5) is 23.8. The van der Waals surface area contributed by atoms with Crippen molar-refractivity contribution in [3.63, 3.8) is 0 Å². The predicted octanol–water partition coefficient (Wildman–Crippen LogP) is -1.32. The molecule has 6 heteroatoms. The molecule has 5 N–H and O–H groups in total. The summed E-state index contributed by atoms with van der Waals surface area (Å²) in [6.07, 6.45) is 1.24. The van der Waals surface area contributed by atoms with Crippen LogP contribution in [0.25, 0.3) is 0 Å². The SMILES string of the molecule is NNC(=O)c1cc[nH]c(=O)c1O. The quantitative estimate of drug-likeness (QED) is 0.237. The molecule has 0 atom stereocenters. The van der Waals surface area contributed by atoms with Crippen LogP contribution in [0.4, 0.5) is 0 Å². The van der Waals surface area contributed by atoms with Crippen molar-refractivity contribution in [3.05, 3.63) is 28.2 Å². The zero-order valence-electron chi connectivity index (χ0n) is 6.00. The molecule has 0 saturated carbocycles. The third-order valence-corrected chi connectivity index (χ3v) is 1.31. The molecule has 0 radical (unpaired) electrons. The highest BCUT2D eigenvalue weighted by Crippen LogP contribution is 2.07. The van der Waals surface area contributed by atoms with E-state index in [1.54, 1.807) is 5.43 Å². The average Bonchev–Trinajstić information content (AvgIpc) is 2.08. The molecule has 1 aromatic heterocycles. The molecule has 1 heterocycles. The van der Waals surface area contributed by atoms with Crippen molar-refractivity contribution in [3.8, 4) is 5.75 Å². The van der Waals surface area contributed by atoms with Crippen molar-refractivity contribution in [2.24, 2.45) is 5.84 Å². The van der Waals surface area contributed by atoms with Crippen LogP contribution in [0.2, 0.25) is 0 Å². The maximum atomic E-state index is 10.8. The van der Waals surface area contributed by atoms with Crippen LogP contribution in [0.3, 0.4) is 0 Å². The van der Waals surface area contributed by atoms with E-state index in [0.717, 1.165) is 0 Å². The molecule has 1 aromatic rings. The molecule has 64 valence electrons. The molecular formula is C6H7N3O3. The van der Waals surface area contributed by atoms with Gasteiger partial charge in [-0.1, -0.05) is 0 Å². The van der Waals surface area contributed by atoms with E-state index in [1.807, 2.05) is 0 Å². The first-order valence-corrected chi connectivity index (χ1v) is 3.08. The zero-order valence-corrected chi connectivity index (χ0v) is 6.00. The molecule has 0 aliphatic rings. The third-order valence-electron chi connectivity index (χ3n) is 1.31. The summed E-state index contributed by atoms with van der Waals surface area (Å²) in [5.41, 5.74) is 0.920. The normalized spacial score (nSPS) is 9.42. The third kappa shape index (κ3) is 1.28. The van der Waals surface area contributed by atoms with E-state index >= 15 is 0 Å². The smallest absolute Gasteiger partial charge is 0.290 e. The number of nitrogen functional groups attached to an aromatic ring is 1. The lowest BCUT2D eigenvalue weighted by atomic mass is 10.2. The summed E-state index contributed by atoms with van der Waals surface area (Å²) in [6.45, 7) is 0. The van der Waals surface area contributed by atoms with Gasteiger partial charge in [-0.2, -0.15) is 0 Å². The van der Waals surface area contributed by atoms with Crippen LogP contribution in [0.15, 0.2) is 17.1 Å². The van der Waals surface area contributed by atoms with Crippen LogP contribution in [0, 0.1) is 0 Å². The Morgan fingerprint density at radius 2 is 2.33 bits per heavy atom. The molecule has 0 aromatic carbocycles. The van der Waals surface area contributed by atoms with E-state index in [-0.39, 0.29) is 5.56 Å². The lowest BCUT2D eigenvalue weighted by Crippen LogP contribution is -2.30. The van der Waals surface area contributed by atoms with Gasteiger partial charge in [-0.15, -0.1) is 0 Å². The minimum Gasteiger partial charge on any atom is -0.502 e. The number of aromatic hydroxyl groups is 1. The van der Waals surface area contributed by atoms with E-state index in [2.05, 4.69) is 4.98 Å². The van der Waals surface area contributed by atoms with E-state index in [1.165, 1.54) is 12.3 Å². The Hall–Kier alpha value is -1.82. The number of nitrogens with one attached hydrogen (secondary N) is 2. The second-order valence-electron chi connectivity index (χ2n) is 2.04. The first-order valence-electron chi connectivity index (χ1n) is 3.08. The fourth-order valence-corrected chi connectivity index (χ4v) is 0.731. The van der Waals surface area contributed by atoms with Gasteiger partial charge in [0, 0.05) is 6.20 Å². The summed E-state index contributed by atoms with van der Waals surface area (Å²) in [5.74, 6) is 3.45. The van der Waals surface area contributed by atoms with Crippen molar-refractivity contribution in [2.45, 2.75) is 0 Å². The van der Waals surface area contributed by atoms with Crippen LogP contribution in [-0.2, 0) is 0 Å². The van der Waals surface area contributed by atoms with Crippen molar-refractivity contribution < 1.29 is 9.90 Å². The van der Waals surface area contributed by atoms with E-state index in [0.29, 0.717) is 0 Å². The Labute approximate surface area is 67.0 Å². The number of rotatable bonds is 1. The average molecular weight is 169 g/mol. The molecule has 1 rings (SSSR count). The Bertz CT molecular complexity index is 357. The predicted molar refractivity (Wildman–Crippen MR) is 40.4 cm³/mol. The molecule has 0 unspecified atom stereocenters. The van der Waals surface area contributed by atoms with Gasteiger partial charge in [-0.25, -0.2) is 5.84 Å². The number of H-pyrrole nitrogens is 1. The highest BCUT2D eigenvalue weighted by atomic mass is 16.3. The number of carbonyl (C=O) groups is 1. The van der Waals surface area contributed by atoms with E-state index in [9.17, 15) is 9.59 Å². The topological polar surface area (TPSA) is 108 Å². The number of aromatic amines is 1. The van der Waals surface area contributed by atoms with Gasteiger partial charge in [0.15, 0.2) is 5.75 Å². The second kappa shape index (κ2) is 3.05. The maximum absolute atomic E-state index is 10.8. The molecule has 0 aliphatic heterocycles. The Morgan fingerprint density at radius 3 is 2.92 bits per heavy atom. The molecular weight excluding hydrogens is 162 g/mol. The van der Waals surface area contributed by atoms with Crippen molar-refractivity contribution in [1.29, 1.82) is 0 Å². The van der Waals surface area contributed by atoms with Crippen molar-refractivity contribution in [2.75, 3.05) is 0 Å². The van der Waals surface area contributed by atoms with Crippen LogP contribution in [0.1, 0.15) is 10.4 Å². The van der Waals surface area contributed by atoms with Gasteiger partial charge in [0.1, 0.15) is 0 Å². The lowest BCUT2D eigenvalue weighted by Gasteiger charge is -1.99. The Morgan fingerprint density at radius 1 is 1.67 bits per heavy atom. The number of hydrogen-bond acceptors (Lipinski definition) is 4. The van der Waals surface area contributed by atoms with Gasteiger partial charge in [0.2, 0.25) is 0 Å². The molecule has 0 spiro atoms. The fourth-order valence-electron chi connectivity index (χ4n) is 0.731. The van der Waals surface area contributed by atoms with Gasteiger partial charge >= 0.3 is 0 Å². The number of hydrazine groups is 1. The highest BCUT2D eigenvalue weighted by molar-refractivity contribution is 5.96. The lowest BCUT2D eigenvalue weighted by molar-refractivity contribution is 0.0950. The minimum absolute atomic E-state index is 0.152. The first-order chi connectivity index (χ1) is 5.66. The molecule has 6 nitrogen and oxygen atoms in total. The zero-order chi connectivity index (χ0) is 9.14. The Balaban J connectivity index is 3.26. The van der Waals surface area contributed by atoms with Crippen LogP contribution in [0.5, 0.6) is 5.75 Å².